The Balaban J connectivity index is 2.18. The van der Waals surface area contributed by atoms with E-state index in [4.69, 9.17) is 11.6 Å². The number of phenols is 1. The summed E-state index contributed by atoms with van der Waals surface area (Å²) >= 11 is 7.57. The number of hydrogen-bond donors (Lipinski definition) is 2. The Labute approximate surface area is 115 Å². The summed E-state index contributed by atoms with van der Waals surface area (Å²) in [6, 6.07) is 5.20. The molecule has 0 saturated carbocycles. The van der Waals surface area contributed by atoms with Crippen LogP contribution in [0.4, 0.5) is 5.69 Å². The number of phenolic OH excluding ortho intramolecular Hbond substituents is 1. The van der Waals surface area contributed by atoms with Crippen LogP contribution in [0.15, 0.2) is 18.2 Å². The van der Waals surface area contributed by atoms with Crippen molar-refractivity contribution in [2.45, 2.75) is 26.8 Å². The molecule has 0 saturated heterocycles. The summed E-state index contributed by atoms with van der Waals surface area (Å²) in [5, 5.41) is 14.1. The molecular formula is C13H15ClN2OS. The highest BCUT2D eigenvalue weighted by atomic mass is 35.5. The summed E-state index contributed by atoms with van der Waals surface area (Å²) in [5.41, 5.74) is 1.93. The van der Waals surface area contributed by atoms with Crippen LogP contribution < -0.4 is 5.32 Å². The molecule has 0 fully saturated rings. The lowest BCUT2D eigenvalue weighted by Gasteiger charge is -2.14. The van der Waals surface area contributed by atoms with Gasteiger partial charge in [0, 0.05) is 10.6 Å². The molecule has 2 aromatic rings. The number of aromatic hydroxyl groups is 1. The SMILES string of the molecule is Cc1nc(C(C)Nc2ccc(O)c(Cl)c2)c(C)s1. The molecule has 0 aliphatic heterocycles. The molecule has 1 unspecified atom stereocenters. The van der Waals surface area contributed by atoms with Crippen molar-refractivity contribution in [3.05, 3.63) is 38.8 Å². The Bertz CT molecular complexity index is 568. The first-order chi connectivity index (χ1) is 8.47. The summed E-state index contributed by atoms with van der Waals surface area (Å²) in [7, 11) is 0. The molecule has 5 heteroatoms. The number of hydrogen-bond acceptors (Lipinski definition) is 4. The van der Waals surface area contributed by atoms with Crippen LogP contribution in [0.1, 0.15) is 28.5 Å². The van der Waals surface area contributed by atoms with Crippen LogP contribution in [-0.2, 0) is 0 Å². The molecule has 96 valence electrons. The molecular weight excluding hydrogens is 268 g/mol. The van der Waals surface area contributed by atoms with E-state index >= 15 is 0 Å². The van der Waals surface area contributed by atoms with Gasteiger partial charge in [0.05, 0.1) is 21.8 Å². The van der Waals surface area contributed by atoms with Crippen molar-refractivity contribution in [2.75, 3.05) is 5.32 Å². The maximum atomic E-state index is 9.37. The predicted molar refractivity (Wildman–Crippen MR) is 76.7 cm³/mol. The second kappa shape index (κ2) is 5.16. The highest BCUT2D eigenvalue weighted by Crippen LogP contribution is 2.29. The van der Waals surface area contributed by atoms with Crippen molar-refractivity contribution in [3.8, 4) is 5.75 Å². The standard InChI is InChI=1S/C13H15ClN2OS/c1-7(13-8(2)18-9(3)16-13)15-10-4-5-12(17)11(14)6-10/h4-7,15,17H,1-3H3. The number of nitrogens with one attached hydrogen (secondary N) is 1. The minimum Gasteiger partial charge on any atom is -0.506 e. The third-order valence-corrected chi connectivity index (χ3v) is 3.89. The minimum absolute atomic E-state index is 0.0931. The molecule has 1 aromatic carbocycles. The fraction of sp³-hybridized carbons (Fsp3) is 0.308. The minimum atomic E-state index is 0.0931. The van der Waals surface area contributed by atoms with Gasteiger partial charge in [0.2, 0.25) is 0 Å². The number of anilines is 1. The van der Waals surface area contributed by atoms with Gasteiger partial charge in [0.25, 0.3) is 0 Å². The highest BCUT2D eigenvalue weighted by molar-refractivity contribution is 7.11. The van der Waals surface area contributed by atoms with Gasteiger partial charge in [-0.1, -0.05) is 11.6 Å². The Morgan fingerprint density at radius 2 is 2.11 bits per heavy atom. The number of aromatic nitrogens is 1. The molecule has 0 amide bonds. The number of thiazole rings is 1. The van der Waals surface area contributed by atoms with Crippen molar-refractivity contribution in [3.63, 3.8) is 0 Å². The zero-order valence-electron chi connectivity index (χ0n) is 10.5. The average Bonchev–Trinajstić information content (AvgIpc) is 2.63. The summed E-state index contributed by atoms with van der Waals surface area (Å²) in [6.07, 6.45) is 0. The van der Waals surface area contributed by atoms with E-state index in [1.165, 1.54) is 4.88 Å². The first kappa shape index (κ1) is 13.2. The maximum Gasteiger partial charge on any atom is 0.134 e. The molecule has 2 N–H and O–H groups in total. The van der Waals surface area contributed by atoms with Gasteiger partial charge in [0.1, 0.15) is 5.75 Å². The van der Waals surface area contributed by atoms with Crippen LogP contribution in [0.5, 0.6) is 5.75 Å². The number of nitrogens with zero attached hydrogens (tertiary/aromatic N) is 1. The van der Waals surface area contributed by atoms with Gasteiger partial charge in [-0.25, -0.2) is 4.98 Å². The van der Waals surface area contributed by atoms with Crippen LogP contribution in [0.2, 0.25) is 5.02 Å². The first-order valence-corrected chi connectivity index (χ1v) is 6.86. The summed E-state index contributed by atoms with van der Waals surface area (Å²) < 4.78 is 0. The topological polar surface area (TPSA) is 45.2 Å². The second-order valence-electron chi connectivity index (χ2n) is 4.21. The van der Waals surface area contributed by atoms with Crippen molar-refractivity contribution >= 4 is 28.6 Å². The molecule has 0 spiro atoms. The van der Waals surface area contributed by atoms with Gasteiger partial charge in [-0.3, -0.25) is 0 Å². The van der Waals surface area contributed by atoms with Crippen molar-refractivity contribution in [1.82, 2.24) is 4.98 Å². The second-order valence-corrected chi connectivity index (χ2v) is 6.02. The van der Waals surface area contributed by atoms with Gasteiger partial charge in [-0.2, -0.15) is 0 Å². The highest BCUT2D eigenvalue weighted by Gasteiger charge is 2.13. The number of aryl methyl sites for hydroxylation is 2. The van der Waals surface area contributed by atoms with Crippen molar-refractivity contribution in [1.29, 1.82) is 0 Å². The van der Waals surface area contributed by atoms with E-state index in [0.29, 0.717) is 5.02 Å². The van der Waals surface area contributed by atoms with E-state index in [-0.39, 0.29) is 11.8 Å². The quantitative estimate of drug-likeness (QED) is 0.826. The monoisotopic (exact) mass is 282 g/mol. The van der Waals surface area contributed by atoms with Gasteiger partial charge in [-0.05, 0) is 39.0 Å². The van der Waals surface area contributed by atoms with E-state index in [2.05, 4.69) is 24.1 Å². The first-order valence-electron chi connectivity index (χ1n) is 5.66. The number of benzene rings is 1. The zero-order chi connectivity index (χ0) is 13.3. The molecule has 2 rings (SSSR count). The Morgan fingerprint density at radius 1 is 1.39 bits per heavy atom. The Hall–Kier alpha value is -1.26. The van der Waals surface area contributed by atoms with E-state index < -0.39 is 0 Å². The van der Waals surface area contributed by atoms with E-state index in [9.17, 15) is 5.11 Å². The molecule has 0 bridgehead atoms. The zero-order valence-corrected chi connectivity index (χ0v) is 12.1. The third kappa shape index (κ3) is 2.76. The van der Waals surface area contributed by atoms with Gasteiger partial charge in [0.15, 0.2) is 0 Å². The van der Waals surface area contributed by atoms with Crippen LogP contribution in [-0.4, -0.2) is 10.1 Å². The van der Waals surface area contributed by atoms with Crippen molar-refractivity contribution < 1.29 is 5.11 Å². The Kier molecular flexibility index (Phi) is 3.78. The maximum absolute atomic E-state index is 9.37. The van der Waals surface area contributed by atoms with Crippen LogP contribution in [0.3, 0.4) is 0 Å². The molecule has 18 heavy (non-hydrogen) atoms. The van der Waals surface area contributed by atoms with Gasteiger partial charge < -0.3 is 10.4 Å². The molecule has 3 nitrogen and oxygen atoms in total. The predicted octanol–water partition coefficient (Wildman–Crippen LogP) is 4.29. The molecule has 1 aromatic heterocycles. The van der Waals surface area contributed by atoms with Crippen molar-refractivity contribution in [2.24, 2.45) is 0 Å². The third-order valence-electron chi connectivity index (χ3n) is 2.68. The largest absolute Gasteiger partial charge is 0.506 e. The normalized spacial score (nSPS) is 12.4. The number of halogens is 1. The molecule has 0 aliphatic carbocycles. The Morgan fingerprint density at radius 3 is 2.67 bits per heavy atom. The fourth-order valence-corrected chi connectivity index (χ4v) is 2.96. The van der Waals surface area contributed by atoms with E-state index in [1.807, 2.05) is 6.92 Å². The lowest BCUT2D eigenvalue weighted by molar-refractivity contribution is 0.475. The van der Waals surface area contributed by atoms with Gasteiger partial charge in [-0.15, -0.1) is 11.3 Å². The lowest BCUT2D eigenvalue weighted by Crippen LogP contribution is -2.08. The molecule has 1 atom stereocenters. The van der Waals surface area contributed by atoms with E-state index in [0.717, 1.165) is 16.4 Å². The lowest BCUT2D eigenvalue weighted by atomic mass is 10.2. The summed E-state index contributed by atoms with van der Waals surface area (Å²) in [4.78, 5) is 5.74. The van der Waals surface area contributed by atoms with Crippen LogP contribution in [0.25, 0.3) is 0 Å². The molecule has 1 heterocycles. The summed E-state index contributed by atoms with van der Waals surface area (Å²) in [5.74, 6) is 0.0931. The molecule has 0 radical (unpaired) electrons. The smallest absolute Gasteiger partial charge is 0.134 e. The summed E-state index contributed by atoms with van der Waals surface area (Å²) in [6.45, 7) is 6.13. The van der Waals surface area contributed by atoms with Crippen LogP contribution in [0, 0.1) is 13.8 Å². The number of rotatable bonds is 3. The van der Waals surface area contributed by atoms with Crippen LogP contribution >= 0.6 is 22.9 Å². The molecule has 0 aliphatic rings. The average molecular weight is 283 g/mol. The fourth-order valence-electron chi connectivity index (χ4n) is 1.86. The van der Waals surface area contributed by atoms with Gasteiger partial charge >= 0.3 is 0 Å². The van der Waals surface area contributed by atoms with E-state index in [1.54, 1.807) is 29.5 Å².